The third-order valence-corrected chi connectivity index (χ3v) is 4.51. The van der Waals surface area contributed by atoms with Crippen molar-refractivity contribution >= 4 is 23.3 Å². The average molecular weight is 401 g/mol. The summed E-state index contributed by atoms with van der Waals surface area (Å²) < 4.78 is 11.2. The molecule has 4 rings (SSSR count). The first-order chi connectivity index (χ1) is 14.5. The number of rotatable bonds is 6. The number of Topliss-reactive ketones (excluding diaryl/α,β-unsaturated/α-hetero) is 2. The summed E-state index contributed by atoms with van der Waals surface area (Å²) in [6, 6.07) is 19.3. The molecule has 0 radical (unpaired) electrons. The van der Waals surface area contributed by atoms with Crippen LogP contribution >= 0.6 is 0 Å². The molecule has 0 atom stereocenters. The fraction of sp³-hybridized carbons (Fsp3) is 0.0435. The van der Waals surface area contributed by atoms with E-state index in [1.165, 1.54) is 30.3 Å². The van der Waals surface area contributed by atoms with Crippen molar-refractivity contribution in [2.45, 2.75) is 0 Å². The lowest BCUT2D eigenvalue weighted by molar-refractivity contribution is -0.384. The molecule has 0 saturated heterocycles. The number of benzene rings is 3. The second-order valence-corrected chi connectivity index (χ2v) is 6.52. The SMILES string of the molecule is O=C(COc1ccc2c(c1)O/C(=C\c1ccc([N+](=O)[O-])cc1)C2=O)c1ccccc1. The predicted molar refractivity (Wildman–Crippen MR) is 109 cm³/mol. The second-order valence-electron chi connectivity index (χ2n) is 6.52. The molecule has 0 amide bonds. The zero-order valence-electron chi connectivity index (χ0n) is 15.6. The number of carbonyl (C=O) groups is 2. The summed E-state index contributed by atoms with van der Waals surface area (Å²) in [6.07, 6.45) is 1.52. The van der Waals surface area contributed by atoms with Crippen molar-refractivity contribution in [3.63, 3.8) is 0 Å². The number of ether oxygens (including phenoxy) is 2. The second kappa shape index (κ2) is 8.00. The predicted octanol–water partition coefficient (Wildman–Crippen LogP) is 4.47. The van der Waals surface area contributed by atoms with E-state index in [1.807, 2.05) is 6.07 Å². The molecule has 7 heteroatoms. The largest absolute Gasteiger partial charge is 0.485 e. The Bertz CT molecular complexity index is 1170. The number of fused-ring (bicyclic) bond motifs is 1. The summed E-state index contributed by atoms with van der Waals surface area (Å²) in [5.41, 5.74) is 1.50. The molecule has 0 N–H and O–H groups in total. The quantitative estimate of drug-likeness (QED) is 0.262. The van der Waals surface area contributed by atoms with E-state index >= 15 is 0 Å². The molecule has 1 aliphatic rings. The van der Waals surface area contributed by atoms with Gasteiger partial charge in [-0.25, -0.2) is 0 Å². The van der Waals surface area contributed by atoms with Gasteiger partial charge in [0, 0.05) is 23.8 Å². The Morgan fingerprint density at radius 3 is 2.47 bits per heavy atom. The Balaban J connectivity index is 1.47. The van der Waals surface area contributed by atoms with Crippen LogP contribution in [0, 0.1) is 10.1 Å². The van der Waals surface area contributed by atoms with E-state index in [1.54, 1.807) is 42.5 Å². The van der Waals surface area contributed by atoms with Crippen LogP contribution in [0.2, 0.25) is 0 Å². The molecule has 30 heavy (non-hydrogen) atoms. The molecule has 0 saturated carbocycles. The maximum absolute atomic E-state index is 12.5. The number of ketones is 2. The van der Waals surface area contributed by atoms with E-state index in [0.717, 1.165) is 0 Å². The summed E-state index contributed by atoms with van der Waals surface area (Å²) in [5, 5.41) is 10.7. The molecule has 0 unspecified atom stereocenters. The summed E-state index contributed by atoms with van der Waals surface area (Å²) in [6.45, 7) is -0.137. The highest BCUT2D eigenvalue weighted by Gasteiger charge is 2.27. The molecule has 0 bridgehead atoms. The van der Waals surface area contributed by atoms with Gasteiger partial charge < -0.3 is 9.47 Å². The minimum atomic E-state index is -0.492. The normalized spacial score (nSPS) is 13.6. The Morgan fingerprint density at radius 2 is 1.77 bits per heavy atom. The van der Waals surface area contributed by atoms with Crippen molar-refractivity contribution in [2.75, 3.05) is 6.61 Å². The van der Waals surface area contributed by atoms with Gasteiger partial charge in [0.15, 0.2) is 18.1 Å². The first-order valence-corrected chi connectivity index (χ1v) is 9.05. The number of nitro benzene ring substituents is 1. The standard InChI is InChI=1S/C23H15NO6/c25-20(16-4-2-1-3-5-16)14-29-18-10-11-19-21(13-18)30-22(23(19)26)12-15-6-8-17(9-7-15)24(27)28/h1-13H,14H2/b22-12-. The number of allylic oxidation sites excluding steroid dienone is 1. The third kappa shape index (κ3) is 3.95. The first kappa shape index (κ1) is 19.1. The van der Waals surface area contributed by atoms with Crippen LogP contribution in [0.3, 0.4) is 0 Å². The van der Waals surface area contributed by atoms with Crippen LogP contribution in [0.5, 0.6) is 11.5 Å². The molecule has 0 fully saturated rings. The maximum atomic E-state index is 12.5. The van der Waals surface area contributed by atoms with Gasteiger partial charge in [-0.1, -0.05) is 30.3 Å². The highest BCUT2D eigenvalue weighted by Crippen LogP contribution is 2.35. The van der Waals surface area contributed by atoms with Gasteiger partial charge in [-0.05, 0) is 35.9 Å². The molecule has 3 aromatic carbocycles. The molecular formula is C23H15NO6. The van der Waals surface area contributed by atoms with E-state index in [9.17, 15) is 19.7 Å². The van der Waals surface area contributed by atoms with E-state index in [2.05, 4.69) is 0 Å². The molecule has 3 aromatic rings. The van der Waals surface area contributed by atoms with Crippen LogP contribution in [0.4, 0.5) is 5.69 Å². The van der Waals surface area contributed by atoms with Gasteiger partial charge in [-0.2, -0.15) is 0 Å². The lowest BCUT2D eigenvalue weighted by Crippen LogP contribution is -2.11. The number of carbonyl (C=O) groups excluding carboxylic acids is 2. The monoisotopic (exact) mass is 401 g/mol. The van der Waals surface area contributed by atoms with Crippen LogP contribution < -0.4 is 9.47 Å². The zero-order chi connectivity index (χ0) is 21.1. The molecule has 0 aromatic heterocycles. The van der Waals surface area contributed by atoms with Crippen LogP contribution in [-0.2, 0) is 0 Å². The minimum absolute atomic E-state index is 0.0362. The topological polar surface area (TPSA) is 95.7 Å². The van der Waals surface area contributed by atoms with Crippen molar-refractivity contribution in [3.8, 4) is 11.5 Å². The van der Waals surface area contributed by atoms with Gasteiger partial charge >= 0.3 is 0 Å². The summed E-state index contributed by atoms with van der Waals surface area (Å²) >= 11 is 0. The first-order valence-electron chi connectivity index (χ1n) is 9.05. The maximum Gasteiger partial charge on any atom is 0.269 e. The van der Waals surface area contributed by atoms with Crippen LogP contribution in [-0.4, -0.2) is 23.1 Å². The van der Waals surface area contributed by atoms with Gasteiger partial charge in [0.25, 0.3) is 5.69 Å². The van der Waals surface area contributed by atoms with Crippen molar-refractivity contribution < 1.29 is 24.0 Å². The number of hydrogen-bond donors (Lipinski definition) is 0. The van der Waals surface area contributed by atoms with Gasteiger partial charge in [-0.15, -0.1) is 0 Å². The summed E-state index contributed by atoms with van der Waals surface area (Å²) in [4.78, 5) is 35.0. The Hall–Kier alpha value is -4.26. The van der Waals surface area contributed by atoms with E-state index in [-0.39, 0.29) is 29.6 Å². The number of non-ortho nitro benzene ring substituents is 1. The number of nitro groups is 1. The summed E-state index contributed by atoms with van der Waals surface area (Å²) in [5.74, 6) is 0.388. The highest BCUT2D eigenvalue weighted by molar-refractivity contribution is 6.14. The van der Waals surface area contributed by atoms with Gasteiger partial charge in [0.05, 0.1) is 10.5 Å². The molecule has 1 aliphatic heterocycles. The van der Waals surface area contributed by atoms with Crippen molar-refractivity contribution in [2.24, 2.45) is 0 Å². The fourth-order valence-electron chi connectivity index (χ4n) is 2.96. The Morgan fingerprint density at radius 1 is 1.03 bits per heavy atom. The van der Waals surface area contributed by atoms with Crippen molar-refractivity contribution in [1.29, 1.82) is 0 Å². The highest BCUT2D eigenvalue weighted by atomic mass is 16.6. The molecule has 148 valence electrons. The minimum Gasteiger partial charge on any atom is -0.485 e. The lowest BCUT2D eigenvalue weighted by atomic mass is 10.1. The molecule has 7 nitrogen and oxygen atoms in total. The van der Waals surface area contributed by atoms with Gasteiger partial charge in [0.1, 0.15) is 11.5 Å². The van der Waals surface area contributed by atoms with Crippen molar-refractivity contribution in [1.82, 2.24) is 0 Å². The number of hydrogen-bond acceptors (Lipinski definition) is 6. The average Bonchev–Trinajstić information content (AvgIpc) is 3.07. The van der Waals surface area contributed by atoms with Crippen LogP contribution in [0.15, 0.2) is 78.6 Å². The molecule has 1 heterocycles. The van der Waals surface area contributed by atoms with Crippen molar-refractivity contribution in [3.05, 3.63) is 105 Å². The third-order valence-electron chi connectivity index (χ3n) is 4.51. The van der Waals surface area contributed by atoms with E-state index < -0.39 is 4.92 Å². The van der Waals surface area contributed by atoms with Gasteiger partial charge in [-0.3, -0.25) is 19.7 Å². The lowest BCUT2D eigenvalue weighted by Gasteiger charge is -2.06. The van der Waals surface area contributed by atoms with Gasteiger partial charge in [0.2, 0.25) is 5.78 Å². The molecular weight excluding hydrogens is 386 g/mol. The van der Waals surface area contributed by atoms with E-state index in [0.29, 0.717) is 28.2 Å². The van der Waals surface area contributed by atoms with Crippen LogP contribution in [0.1, 0.15) is 26.3 Å². The Labute approximate surface area is 171 Å². The summed E-state index contributed by atoms with van der Waals surface area (Å²) in [7, 11) is 0. The fourth-order valence-corrected chi connectivity index (χ4v) is 2.96. The van der Waals surface area contributed by atoms with E-state index in [4.69, 9.17) is 9.47 Å². The van der Waals surface area contributed by atoms with Crippen LogP contribution in [0.25, 0.3) is 6.08 Å². The Kier molecular flexibility index (Phi) is 5.09. The molecule has 0 aliphatic carbocycles. The zero-order valence-corrected chi connectivity index (χ0v) is 15.6. The molecule has 0 spiro atoms. The number of nitrogens with zero attached hydrogens (tertiary/aromatic N) is 1. The smallest absolute Gasteiger partial charge is 0.269 e.